The first kappa shape index (κ1) is 20.1. The monoisotopic (exact) mass is 407 g/mol. The van der Waals surface area contributed by atoms with E-state index in [-0.39, 0.29) is 6.10 Å². The zero-order valence-electron chi connectivity index (χ0n) is 17.8. The Morgan fingerprint density at radius 3 is 2.97 bits per heavy atom. The minimum atomic E-state index is 0.213. The third-order valence-corrected chi connectivity index (χ3v) is 5.14. The Morgan fingerprint density at radius 1 is 1.30 bits per heavy atom. The lowest BCUT2D eigenvalue weighted by atomic mass is 10.1. The van der Waals surface area contributed by atoms with Gasteiger partial charge in [0.25, 0.3) is 0 Å². The molecule has 0 aliphatic carbocycles. The average molecular weight is 408 g/mol. The van der Waals surface area contributed by atoms with E-state index in [1.165, 1.54) is 5.56 Å². The fourth-order valence-electron chi connectivity index (χ4n) is 3.73. The minimum absolute atomic E-state index is 0.213. The third kappa shape index (κ3) is 4.50. The minimum Gasteiger partial charge on any atom is -0.494 e. The highest BCUT2D eigenvalue weighted by Gasteiger charge is 2.21. The van der Waals surface area contributed by atoms with Crippen molar-refractivity contribution < 1.29 is 9.47 Å². The van der Waals surface area contributed by atoms with Crippen LogP contribution in [0.15, 0.2) is 41.4 Å². The first-order valence-electron chi connectivity index (χ1n) is 10.5. The van der Waals surface area contributed by atoms with Crippen molar-refractivity contribution in [2.45, 2.75) is 39.3 Å². The normalized spacial score (nSPS) is 15.7. The number of para-hydroxylation sites is 2. The van der Waals surface area contributed by atoms with E-state index in [1.54, 1.807) is 7.05 Å². The summed E-state index contributed by atoms with van der Waals surface area (Å²) in [5, 5.41) is 6.72. The summed E-state index contributed by atoms with van der Waals surface area (Å²) in [6.07, 6.45) is 1.92. The van der Waals surface area contributed by atoms with Gasteiger partial charge in [0, 0.05) is 44.1 Å². The molecular weight excluding hydrogens is 378 g/mol. The van der Waals surface area contributed by atoms with Crippen molar-refractivity contribution >= 4 is 17.0 Å². The Labute approximate surface area is 176 Å². The SMILES string of the molecule is CCOc1cc2c(cc1CNC(=NC)NCCc1nc3ccccc3[nH]1)OC(C)C2. The summed E-state index contributed by atoms with van der Waals surface area (Å²) >= 11 is 0. The largest absolute Gasteiger partial charge is 0.494 e. The molecule has 4 rings (SSSR count). The zero-order valence-corrected chi connectivity index (χ0v) is 17.8. The number of hydrogen-bond acceptors (Lipinski definition) is 4. The smallest absolute Gasteiger partial charge is 0.191 e. The van der Waals surface area contributed by atoms with Crippen molar-refractivity contribution in [3.05, 3.63) is 53.3 Å². The fourth-order valence-corrected chi connectivity index (χ4v) is 3.73. The van der Waals surface area contributed by atoms with Gasteiger partial charge >= 0.3 is 0 Å². The Hall–Kier alpha value is -3.22. The van der Waals surface area contributed by atoms with Crippen molar-refractivity contribution in [2.75, 3.05) is 20.2 Å². The summed E-state index contributed by atoms with van der Waals surface area (Å²) in [6, 6.07) is 12.3. The summed E-state index contributed by atoms with van der Waals surface area (Å²) in [5.41, 5.74) is 4.33. The molecule has 1 unspecified atom stereocenters. The van der Waals surface area contributed by atoms with Crippen LogP contribution in [-0.4, -0.2) is 42.2 Å². The standard InChI is InChI=1S/C23H29N5O2/c1-4-29-20-12-16-11-15(2)30-21(16)13-17(20)14-26-23(24-3)25-10-9-22-27-18-7-5-6-8-19(18)28-22/h5-8,12-13,15H,4,9-11,14H2,1-3H3,(H,27,28)(H2,24,25,26). The van der Waals surface area contributed by atoms with Gasteiger partial charge in [0.15, 0.2) is 5.96 Å². The van der Waals surface area contributed by atoms with E-state index in [0.29, 0.717) is 13.2 Å². The topological polar surface area (TPSA) is 83.6 Å². The van der Waals surface area contributed by atoms with Crippen molar-refractivity contribution in [1.29, 1.82) is 0 Å². The first-order valence-corrected chi connectivity index (χ1v) is 10.5. The highest BCUT2D eigenvalue weighted by Crippen LogP contribution is 2.35. The van der Waals surface area contributed by atoms with Crippen molar-refractivity contribution in [2.24, 2.45) is 4.99 Å². The van der Waals surface area contributed by atoms with Crippen molar-refractivity contribution in [3.63, 3.8) is 0 Å². The molecule has 1 atom stereocenters. The van der Waals surface area contributed by atoms with Crippen LogP contribution in [0.25, 0.3) is 11.0 Å². The summed E-state index contributed by atoms with van der Waals surface area (Å²) in [7, 11) is 1.77. The number of aromatic amines is 1. The molecule has 7 nitrogen and oxygen atoms in total. The average Bonchev–Trinajstić information content (AvgIpc) is 3.32. The van der Waals surface area contributed by atoms with Crippen LogP contribution < -0.4 is 20.1 Å². The number of rotatable bonds is 7. The van der Waals surface area contributed by atoms with E-state index in [9.17, 15) is 0 Å². The molecule has 3 aromatic rings. The predicted molar refractivity (Wildman–Crippen MR) is 119 cm³/mol. The molecule has 2 aromatic carbocycles. The molecule has 0 bridgehead atoms. The maximum absolute atomic E-state index is 5.91. The molecule has 1 aliphatic rings. The van der Waals surface area contributed by atoms with E-state index in [1.807, 2.05) is 31.2 Å². The van der Waals surface area contributed by atoms with E-state index in [0.717, 1.165) is 59.3 Å². The van der Waals surface area contributed by atoms with Gasteiger partial charge < -0.3 is 25.1 Å². The molecule has 3 N–H and O–H groups in total. The van der Waals surface area contributed by atoms with Gasteiger partial charge in [0.05, 0.1) is 17.6 Å². The summed E-state index contributed by atoms with van der Waals surface area (Å²) in [5.74, 6) is 3.56. The van der Waals surface area contributed by atoms with Crippen LogP contribution >= 0.6 is 0 Å². The van der Waals surface area contributed by atoms with Gasteiger partial charge in [-0.2, -0.15) is 0 Å². The van der Waals surface area contributed by atoms with Gasteiger partial charge in [0.1, 0.15) is 23.4 Å². The molecule has 0 spiro atoms. The highest BCUT2D eigenvalue weighted by atomic mass is 16.5. The number of aromatic nitrogens is 2. The lowest BCUT2D eigenvalue weighted by Crippen LogP contribution is -2.38. The molecule has 0 amide bonds. The van der Waals surface area contributed by atoms with Gasteiger partial charge in [-0.3, -0.25) is 4.99 Å². The number of benzene rings is 2. The maximum Gasteiger partial charge on any atom is 0.191 e. The second-order valence-electron chi connectivity index (χ2n) is 7.44. The van der Waals surface area contributed by atoms with Crippen LogP contribution in [0.3, 0.4) is 0 Å². The molecule has 0 saturated carbocycles. The van der Waals surface area contributed by atoms with Crippen LogP contribution in [0.2, 0.25) is 0 Å². The summed E-state index contributed by atoms with van der Waals surface area (Å²) < 4.78 is 11.8. The molecule has 0 radical (unpaired) electrons. The number of nitrogens with one attached hydrogen (secondary N) is 3. The second kappa shape index (κ2) is 9.07. The van der Waals surface area contributed by atoms with Gasteiger partial charge in [-0.25, -0.2) is 4.98 Å². The Kier molecular flexibility index (Phi) is 6.07. The number of aliphatic imine (C=N–C) groups is 1. The number of ether oxygens (including phenoxy) is 2. The molecule has 2 heterocycles. The molecule has 1 aromatic heterocycles. The summed E-state index contributed by atoms with van der Waals surface area (Å²) in [6.45, 7) is 6.05. The number of imidazole rings is 1. The number of hydrogen-bond donors (Lipinski definition) is 3. The lowest BCUT2D eigenvalue weighted by Gasteiger charge is -2.15. The van der Waals surface area contributed by atoms with E-state index < -0.39 is 0 Å². The zero-order chi connectivity index (χ0) is 20.9. The Bertz CT molecular complexity index is 1010. The molecule has 30 heavy (non-hydrogen) atoms. The maximum atomic E-state index is 5.91. The Morgan fingerprint density at radius 2 is 2.17 bits per heavy atom. The van der Waals surface area contributed by atoms with Crippen LogP contribution in [0.4, 0.5) is 0 Å². The van der Waals surface area contributed by atoms with Gasteiger partial charge in [-0.15, -0.1) is 0 Å². The molecule has 0 saturated heterocycles. The molecular formula is C23H29N5O2. The summed E-state index contributed by atoms with van der Waals surface area (Å²) in [4.78, 5) is 12.3. The Balaban J connectivity index is 1.34. The quantitative estimate of drug-likeness (QED) is 0.414. The second-order valence-corrected chi connectivity index (χ2v) is 7.44. The van der Waals surface area contributed by atoms with Crippen LogP contribution in [0.5, 0.6) is 11.5 Å². The fraction of sp³-hybridized carbons (Fsp3) is 0.391. The van der Waals surface area contributed by atoms with E-state index in [4.69, 9.17) is 9.47 Å². The van der Waals surface area contributed by atoms with Gasteiger partial charge in [0.2, 0.25) is 0 Å². The third-order valence-electron chi connectivity index (χ3n) is 5.14. The number of nitrogens with zero attached hydrogens (tertiary/aromatic N) is 2. The van der Waals surface area contributed by atoms with Gasteiger partial charge in [-0.05, 0) is 38.1 Å². The number of guanidine groups is 1. The van der Waals surface area contributed by atoms with Crippen LogP contribution in [0.1, 0.15) is 30.8 Å². The predicted octanol–water partition coefficient (Wildman–Crippen LogP) is 3.19. The molecule has 158 valence electrons. The molecule has 1 aliphatic heterocycles. The van der Waals surface area contributed by atoms with Crippen LogP contribution in [0, 0.1) is 0 Å². The van der Waals surface area contributed by atoms with Crippen molar-refractivity contribution in [1.82, 2.24) is 20.6 Å². The van der Waals surface area contributed by atoms with E-state index >= 15 is 0 Å². The highest BCUT2D eigenvalue weighted by molar-refractivity contribution is 5.79. The van der Waals surface area contributed by atoms with Crippen LogP contribution in [-0.2, 0) is 19.4 Å². The van der Waals surface area contributed by atoms with Gasteiger partial charge in [-0.1, -0.05) is 12.1 Å². The van der Waals surface area contributed by atoms with E-state index in [2.05, 4.69) is 44.7 Å². The molecule has 0 fully saturated rings. The molecule has 7 heteroatoms. The first-order chi connectivity index (χ1) is 14.7. The number of fused-ring (bicyclic) bond motifs is 2. The van der Waals surface area contributed by atoms with Crippen molar-refractivity contribution in [3.8, 4) is 11.5 Å². The lowest BCUT2D eigenvalue weighted by molar-refractivity contribution is 0.254. The number of H-pyrrole nitrogens is 1.